The largest absolute Gasteiger partial charge is 0.458 e. The van der Waals surface area contributed by atoms with Gasteiger partial charge in [0.25, 0.3) is 0 Å². The number of amides is 1. The molecular weight excluding hydrogens is 592 g/mol. The van der Waals surface area contributed by atoms with Crippen LogP contribution in [0.25, 0.3) is 0 Å². The number of nitrogens with two attached hydrogens (primary N) is 1. The van der Waals surface area contributed by atoms with Crippen LogP contribution in [0.15, 0.2) is 22.8 Å². The van der Waals surface area contributed by atoms with Gasteiger partial charge in [-0.25, -0.2) is 0 Å². The Morgan fingerprint density at radius 2 is 1.66 bits per heavy atom. The van der Waals surface area contributed by atoms with E-state index in [-0.39, 0.29) is 52.0 Å². The average Bonchev–Trinajstić information content (AvgIpc) is 3.27. The number of aliphatic hydroxyl groups excluding tert-OH is 2. The summed E-state index contributed by atoms with van der Waals surface area (Å²) in [5.41, 5.74) is 7.83. The van der Waals surface area contributed by atoms with Crippen LogP contribution in [0.4, 0.5) is 0 Å². The molecule has 3 unspecified atom stereocenters. The second-order valence-electron chi connectivity index (χ2n) is 16.2. The first-order valence-electron chi connectivity index (χ1n) is 18.5. The molecule has 0 heterocycles. The predicted octanol–water partition coefficient (Wildman–Crippen LogP) is 4.23. The van der Waals surface area contributed by atoms with E-state index in [4.69, 9.17) is 10.5 Å². The van der Waals surface area contributed by atoms with Gasteiger partial charge in [-0.1, -0.05) is 39.3 Å². The van der Waals surface area contributed by atoms with Crippen LogP contribution in [0.2, 0.25) is 0 Å². The van der Waals surface area contributed by atoms with Crippen molar-refractivity contribution < 1.29 is 24.5 Å². The van der Waals surface area contributed by atoms with Crippen molar-refractivity contribution in [3.05, 3.63) is 22.8 Å². The Kier molecular flexibility index (Phi) is 12.8. The summed E-state index contributed by atoms with van der Waals surface area (Å²) >= 11 is 0. The van der Waals surface area contributed by atoms with Crippen molar-refractivity contribution in [2.45, 2.75) is 125 Å². The SMILES string of the molecule is CC(=O)O[C@H]1C[C@@]2(C)C(C[C@@H](O)C3[C@@]4(C)CC[C@@H](O)[C@@H](C)C4CC[C@@]32C)C1=C(CCC=C(C)C)C(=O)NCCNCCCNCCN. The smallest absolute Gasteiger partial charge is 0.303 e. The standard InChI is InChI=1S/C38H66N4O5/c1-24(2)10-8-11-27(35(46)42-21-20-41-18-9-17-40-19-16-39)33-29-22-31(45)34-36(5)14-13-30(44)25(3)28(36)12-15-37(34,6)38(29,7)23-32(33)47-26(4)43/h10,25,28-32,34,40-41,44-45H,8-9,11-23,39H2,1-7H3,(H,42,46)/t25-,28?,29?,30+,31+,32-,34?,36-,37-,38-/m0/s1. The first kappa shape index (κ1) is 38.0. The number of esters is 1. The fourth-order valence-electron chi connectivity index (χ4n) is 10.9. The van der Waals surface area contributed by atoms with Crippen LogP contribution < -0.4 is 21.7 Å². The number of ether oxygens (including phenoxy) is 1. The number of aliphatic hydroxyl groups is 2. The molecule has 0 aromatic carbocycles. The Balaban J connectivity index is 1.65. The van der Waals surface area contributed by atoms with Crippen molar-refractivity contribution in [3.8, 4) is 0 Å². The zero-order valence-electron chi connectivity index (χ0n) is 30.4. The lowest BCUT2D eigenvalue weighted by atomic mass is 9.36. The van der Waals surface area contributed by atoms with Gasteiger partial charge >= 0.3 is 5.97 Å². The Hall–Kier alpha value is -1.78. The first-order valence-corrected chi connectivity index (χ1v) is 18.5. The van der Waals surface area contributed by atoms with Crippen molar-refractivity contribution in [3.63, 3.8) is 0 Å². The zero-order valence-corrected chi connectivity index (χ0v) is 30.4. The Morgan fingerprint density at radius 3 is 2.32 bits per heavy atom. The van der Waals surface area contributed by atoms with Gasteiger partial charge in [0, 0.05) is 38.7 Å². The Bertz CT molecular complexity index is 1170. The summed E-state index contributed by atoms with van der Waals surface area (Å²) in [5, 5.41) is 32.9. The summed E-state index contributed by atoms with van der Waals surface area (Å²) in [4.78, 5) is 26.7. The monoisotopic (exact) mass is 659 g/mol. The van der Waals surface area contributed by atoms with Crippen LogP contribution in [0.5, 0.6) is 0 Å². The molecule has 7 N–H and O–H groups in total. The average molecular weight is 659 g/mol. The molecule has 10 atom stereocenters. The van der Waals surface area contributed by atoms with Crippen LogP contribution in [0.1, 0.15) is 106 Å². The van der Waals surface area contributed by atoms with Gasteiger partial charge in [-0.05, 0) is 130 Å². The van der Waals surface area contributed by atoms with E-state index < -0.39 is 12.2 Å². The highest BCUT2D eigenvalue weighted by Gasteiger charge is 2.70. The maximum Gasteiger partial charge on any atom is 0.303 e. The van der Waals surface area contributed by atoms with E-state index in [0.717, 1.165) is 69.3 Å². The van der Waals surface area contributed by atoms with Crippen LogP contribution >= 0.6 is 0 Å². The van der Waals surface area contributed by atoms with Crippen molar-refractivity contribution in [2.75, 3.05) is 39.3 Å². The minimum atomic E-state index is -0.537. The molecule has 0 saturated heterocycles. The van der Waals surface area contributed by atoms with Crippen LogP contribution in [-0.4, -0.2) is 79.7 Å². The quantitative estimate of drug-likeness (QED) is 0.0704. The van der Waals surface area contributed by atoms with Gasteiger partial charge in [0.2, 0.25) is 5.91 Å². The molecule has 0 aliphatic heterocycles. The number of rotatable bonds is 14. The number of carbonyl (C=O) groups is 2. The molecule has 47 heavy (non-hydrogen) atoms. The fraction of sp³-hybridized carbons (Fsp3) is 0.842. The van der Waals surface area contributed by atoms with Gasteiger partial charge in [0.15, 0.2) is 0 Å². The zero-order chi connectivity index (χ0) is 34.6. The van der Waals surface area contributed by atoms with Crippen LogP contribution in [-0.2, 0) is 14.3 Å². The molecule has 0 aromatic heterocycles. The van der Waals surface area contributed by atoms with Gasteiger partial charge in [-0.3, -0.25) is 9.59 Å². The first-order chi connectivity index (χ1) is 22.2. The maximum atomic E-state index is 14.1. The van der Waals surface area contributed by atoms with E-state index in [9.17, 15) is 19.8 Å². The minimum absolute atomic E-state index is 0.0681. The predicted molar refractivity (Wildman–Crippen MR) is 187 cm³/mol. The highest BCUT2D eigenvalue weighted by molar-refractivity contribution is 5.94. The number of hydrogen-bond donors (Lipinski definition) is 6. The lowest BCUT2D eigenvalue weighted by molar-refractivity contribution is -0.234. The molecule has 4 aliphatic carbocycles. The van der Waals surface area contributed by atoms with Crippen LogP contribution in [0.3, 0.4) is 0 Å². The molecule has 9 heteroatoms. The molecule has 4 aliphatic rings. The number of nitrogens with one attached hydrogen (secondary N) is 3. The molecule has 0 aromatic rings. The topological polar surface area (TPSA) is 146 Å². The third-order valence-corrected chi connectivity index (χ3v) is 13.2. The highest BCUT2D eigenvalue weighted by atomic mass is 16.5. The summed E-state index contributed by atoms with van der Waals surface area (Å²) in [6.45, 7) is 19.2. The van der Waals surface area contributed by atoms with Gasteiger partial charge in [0.1, 0.15) is 6.10 Å². The van der Waals surface area contributed by atoms with Crippen molar-refractivity contribution in [2.24, 2.45) is 45.7 Å². The molecule has 4 rings (SSSR count). The summed E-state index contributed by atoms with van der Waals surface area (Å²) in [5.74, 6) is 0.139. The minimum Gasteiger partial charge on any atom is -0.458 e. The van der Waals surface area contributed by atoms with E-state index in [2.05, 4.69) is 63.6 Å². The molecule has 1 amide bonds. The summed E-state index contributed by atoms with van der Waals surface area (Å²) in [7, 11) is 0. The Morgan fingerprint density at radius 1 is 0.957 bits per heavy atom. The van der Waals surface area contributed by atoms with Gasteiger partial charge in [0.05, 0.1) is 12.2 Å². The van der Waals surface area contributed by atoms with Crippen molar-refractivity contribution in [1.82, 2.24) is 16.0 Å². The van der Waals surface area contributed by atoms with Gasteiger partial charge in [-0.2, -0.15) is 0 Å². The Labute approximate surface area is 284 Å². The van der Waals surface area contributed by atoms with E-state index in [1.165, 1.54) is 12.5 Å². The number of allylic oxidation sites excluding steroid dienone is 2. The maximum absolute atomic E-state index is 14.1. The fourth-order valence-corrected chi connectivity index (χ4v) is 10.9. The molecule has 4 fully saturated rings. The molecule has 268 valence electrons. The summed E-state index contributed by atoms with van der Waals surface area (Å²) in [6, 6.07) is 0. The summed E-state index contributed by atoms with van der Waals surface area (Å²) in [6.07, 6.45) is 7.97. The third kappa shape index (κ3) is 7.69. The van der Waals surface area contributed by atoms with Crippen molar-refractivity contribution in [1.29, 1.82) is 0 Å². The van der Waals surface area contributed by atoms with E-state index in [1.54, 1.807) is 0 Å². The number of hydrogen-bond acceptors (Lipinski definition) is 8. The van der Waals surface area contributed by atoms with E-state index in [1.807, 2.05) is 0 Å². The second kappa shape index (κ2) is 15.8. The molecule has 0 bridgehead atoms. The van der Waals surface area contributed by atoms with Crippen molar-refractivity contribution >= 4 is 11.9 Å². The molecule has 0 spiro atoms. The van der Waals surface area contributed by atoms with Crippen LogP contribution in [0, 0.1) is 39.9 Å². The second-order valence-corrected chi connectivity index (χ2v) is 16.2. The van der Waals surface area contributed by atoms with Gasteiger partial charge in [-0.15, -0.1) is 0 Å². The lowest BCUT2D eigenvalue weighted by Crippen LogP contribution is -2.65. The lowest BCUT2D eigenvalue weighted by Gasteiger charge is -2.69. The number of fused-ring (bicyclic) bond motifs is 5. The van der Waals surface area contributed by atoms with Gasteiger partial charge < -0.3 is 36.6 Å². The molecule has 4 saturated carbocycles. The molecule has 0 radical (unpaired) electrons. The molecular formula is C38H66N4O5. The highest BCUT2D eigenvalue weighted by Crippen LogP contribution is 2.74. The number of carbonyl (C=O) groups excluding carboxylic acids is 2. The summed E-state index contributed by atoms with van der Waals surface area (Å²) < 4.78 is 6.13. The normalized spacial score (nSPS) is 38.9. The third-order valence-electron chi connectivity index (χ3n) is 13.2. The molecule has 9 nitrogen and oxygen atoms in total. The van der Waals surface area contributed by atoms with E-state index >= 15 is 0 Å². The van der Waals surface area contributed by atoms with E-state index in [0.29, 0.717) is 44.8 Å².